The maximum absolute atomic E-state index is 11.7. The van der Waals surface area contributed by atoms with Crippen molar-refractivity contribution in [3.05, 3.63) is 47.8 Å². The minimum absolute atomic E-state index is 0.231. The number of carbonyl (C=O) groups is 1. The molecule has 0 saturated carbocycles. The van der Waals surface area contributed by atoms with E-state index in [0.29, 0.717) is 16.8 Å². The molecule has 0 bridgehead atoms. The van der Waals surface area contributed by atoms with E-state index in [4.69, 9.17) is 5.26 Å². The highest BCUT2D eigenvalue weighted by Crippen LogP contribution is 2.07. The van der Waals surface area contributed by atoms with Gasteiger partial charge >= 0.3 is 0 Å². The van der Waals surface area contributed by atoms with Crippen LogP contribution in [0.4, 0.5) is 5.69 Å². The first-order valence-corrected chi connectivity index (χ1v) is 4.60. The van der Waals surface area contributed by atoms with Crippen molar-refractivity contribution in [3.63, 3.8) is 0 Å². The third kappa shape index (κ3) is 2.07. The van der Waals surface area contributed by atoms with Crippen LogP contribution in [-0.2, 0) is 0 Å². The van der Waals surface area contributed by atoms with E-state index in [1.54, 1.807) is 30.5 Å². The molecule has 2 rings (SSSR count). The number of rotatable bonds is 2. The van der Waals surface area contributed by atoms with Gasteiger partial charge in [-0.05, 0) is 24.3 Å². The molecule has 0 saturated heterocycles. The maximum Gasteiger partial charge on any atom is 0.255 e. The number of amides is 1. The van der Waals surface area contributed by atoms with Gasteiger partial charge in [0.25, 0.3) is 5.91 Å². The zero-order chi connectivity index (χ0) is 11.4. The van der Waals surface area contributed by atoms with Crippen molar-refractivity contribution in [1.82, 2.24) is 10.2 Å². The zero-order valence-electron chi connectivity index (χ0n) is 8.27. The molecule has 0 aliphatic carbocycles. The largest absolute Gasteiger partial charge is 0.319 e. The number of hydrogen-bond acceptors (Lipinski definition) is 3. The molecule has 5 heteroatoms. The van der Waals surface area contributed by atoms with Crippen LogP contribution in [0.1, 0.15) is 15.9 Å². The third-order valence-corrected chi connectivity index (χ3v) is 2.03. The van der Waals surface area contributed by atoms with Crippen LogP contribution in [0.15, 0.2) is 36.7 Å². The normalized spacial score (nSPS) is 9.44. The van der Waals surface area contributed by atoms with Gasteiger partial charge in [0.05, 0.1) is 23.5 Å². The van der Waals surface area contributed by atoms with E-state index in [-0.39, 0.29) is 5.91 Å². The van der Waals surface area contributed by atoms with E-state index in [2.05, 4.69) is 15.5 Å². The fourth-order valence-electron chi connectivity index (χ4n) is 1.22. The topological polar surface area (TPSA) is 81.6 Å². The average molecular weight is 212 g/mol. The molecule has 0 radical (unpaired) electrons. The Balaban J connectivity index is 2.12. The van der Waals surface area contributed by atoms with Crippen molar-refractivity contribution in [1.29, 1.82) is 5.26 Å². The first-order chi connectivity index (χ1) is 7.79. The van der Waals surface area contributed by atoms with Gasteiger partial charge < -0.3 is 5.32 Å². The van der Waals surface area contributed by atoms with E-state index in [9.17, 15) is 4.79 Å². The number of H-pyrrole nitrogens is 1. The van der Waals surface area contributed by atoms with Gasteiger partial charge in [0.1, 0.15) is 0 Å². The second-order valence-corrected chi connectivity index (χ2v) is 3.13. The summed E-state index contributed by atoms with van der Waals surface area (Å²) in [5.41, 5.74) is 1.63. The Morgan fingerprint density at radius 1 is 1.38 bits per heavy atom. The maximum atomic E-state index is 11.7. The highest BCUT2D eigenvalue weighted by Gasteiger charge is 2.05. The van der Waals surface area contributed by atoms with Crippen molar-refractivity contribution in [2.45, 2.75) is 0 Å². The fraction of sp³-hybridized carbons (Fsp3) is 0. The summed E-state index contributed by atoms with van der Waals surface area (Å²) in [5.74, 6) is -0.231. The van der Waals surface area contributed by atoms with Gasteiger partial charge in [-0.25, -0.2) is 0 Å². The lowest BCUT2D eigenvalue weighted by Gasteiger charge is -2.01. The first-order valence-electron chi connectivity index (χ1n) is 4.60. The molecule has 16 heavy (non-hydrogen) atoms. The number of carbonyl (C=O) groups excluding carboxylic acids is 1. The van der Waals surface area contributed by atoms with Crippen LogP contribution in [0.2, 0.25) is 0 Å². The predicted molar refractivity (Wildman–Crippen MR) is 57.7 cm³/mol. The summed E-state index contributed by atoms with van der Waals surface area (Å²) in [6.07, 6.45) is 3.10. The molecule has 1 amide bonds. The number of aromatic nitrogens is 2. The average Bonchev–Trinajstić information content (AvgIpc) is 2.82. The summed E-state index contributed by atoms with van der Waals surface area (Å²) >= 11 is 0. The van der Waals surface area contributed by atoms with Crippen LogP contribution in [-0.4, -0.2) is 16.1 Å². The van der Waals surface area contributed by atoms with Crippen molar-refractivity contribution in [2.75, 3.05) is 5.32 Å². The van der Waals surface area contributed by atoms with E-state index in [1.165, 1.54) is 6.20 Å². The lowest BCUT2D eigenvalue weighted by Crippen LogP contribution is -2.11. The minimum atomic E-state index is -0.231. The van der Waals surface area contributed by atoms with Gasteiger partial charge in [-0.3, -0.25) is 9.89 Å². The molecule has 0 unspecified atom stereocenters. The summed E-state index contributed by atoms with van der Waals surface area (Å²) in [7, 11) is 0. The Labute approximate surface area is 91.7 Å². The van der Waals surface area contributed by atoms with Crippen LogP contribution >= 0.6 is 0 Å². The first kappa shape index (κ1) is 9.93. The predicted octanol–water partition coefficient (Wildman–Crippen LogP) is 1.53. The van der Waals surface area contributed by atoms with Crippen molar-refractivity contribution in [2.24, 2.45) is 0 Å². The Hall–Kier alpha value is -2.61. The van der Waals surface area contributed by atoms with Gasteiger partial charge in [-0.2, -0.15) is 10.4 Å². The number of anilines is 1. The summed E-state index contributed by atoms with van der Waals surface area (Å²) in [4.78, 5) is 11.7. The molecular weight excluding hydrogens is 204 g/mol. The van der Waals surface area contributed by atoms with E-state index >= 15 is 0 Å². The number of aromatic amines is 1. The van der Waals surface area contributed by atoms with Crippen molar-refractivity contribution < 1.29 is 4.79 Å². The molecule has 0 fully saturated rings. The smallest absolute Gasteiger partial charge is 0.255 e. The Morgan fingerprint density at radius 2 is 2.12 bits per heavy atom. The van der Waals surface area contributed by atoms with E-state index in [1.807, 2.05) is 6.07 Å². The van der Waals surface area contributed by atoms with E-state index < -0.39 is 0 Å². The molecule has 0 aliphatic rings. The Bertz CT molecular complexity index is 522. The number of nitrogens with zero attached hydrogens (tertiary/aromatic N) is 2. The van der Waals surface area contributed by atoms with Crippen LogP contribution in [0.3, 0.4) is 0 Å². The Kier molecular flexibility index (Phi) is 2.65. The third-order valence-electron chi connectivity index (χ3n) is 2.03. The molecule has 78 valence electrons. The molecule has 0 spiro atoms. The van der Waals surface area contributed by atoms with E-state index in [0.717, 1.165) is 0 Å². The quantitative estimate of drug-likeness (QED) is 0.792. The summed E-state index contributed by atoms with van der Waals surface area (Å²) < 4.78 is 0. The van der Waals surface area contributed by atoms with Crippen LogP contribution in [0.5, 0.6) is 0 Å². The SMILES string of the molecule is N#Cc1ccc(C(=O)Nc2cn[nH]c2)cc1. The number of nitriles is 1. The molecule has 1 aromatic carbocycles. The number of benzene rings is 1. The molecule has 1 heterocycles. The molecule has 0 atom stereocenters. The highest BCUT2D eigenvalue weighted by molar-refractivity contribution is 6.04. The molecular formula is C11H8N4O. The monoisotopic (exact) mass is 212 g/mol. The van der Waals surface area contributed by atoms with Gasteiger partial charge in [0.15, 0.2) is 0 Å². The lowest BCUT2D eigenvalue weighted by molar-refractivity contribution is 0.102. The van der Waals surface area contributed by atoms with Crippen LogP contribution < -0.4 is 5.32 Å². The number of hydrogen-bond donors (Lipinski definition) is 2. The molecule has 2 aromatic rings. The molecule has 1 aromatic heterocycles. The van der Waals surface area contributed by atoms with Crippen LogP contribution in [0.25, 0.3) is 0 Å². The molecule has 2 N–H and O–H groups in total. The Morgan fingerprint density at radius 3 is 2.69 bits per heavy atom. The minimum Gasteiger partial charge on any atom is -0.319 e. The summed E-state index contributed by atoms with van der Waals surface area (Å²) in [5, 5.41) is 17.6. The van der Waals surface area contributed by atoms with Gasteiger partial charge in [0, 0.05) is 11.8 Å². The summed E-state index contributed by atoms with van der Waals surface area (Å²) in [6, 6.07) is 8.41. The standard InChI is InChI=1S/C11H8N4O/c12-5-8-1-3-9(4-2-8)11(16)15-10-6-13-14-7-10/h1-4,6-7H,(H,13,14)(H,15,16). The molecule has 5 nitrogen and oxygen atoms in total. The second-order valence-electron chi connectivity index (χ2n) is 3.13. The molecule has 0 aliphatic heterocycles. The van der Waals surface area contributed by atoms with Crippen molar-refractivity contribution in [3.8, 4) is 6.07 Å². The second kappa shape index (κ2) is 4.28. The van der Waals surface area contributed by atoms with Gasteiger partial charge in [-0.15, -0.1) is 0 Å². The van der Waals surface area contributed by atoms with Gasteiger partial charge in [0.2, 0.25) is 0 Å². The van der Waals surface area contributed by atoms with Gasteiger partial charge in [-0.1, -0.05) is 0 Å². The summed E-state index contributed by atoms with van der Waals surface area (Å²) in [6.45, 7) is 0. The highest BCUT2D eigenvalue weighted by atomic mass is 16.1. The lowest BCUT2D eigenvalue weighted by atomic mass is 10.1. The number of nitrogens with one attached hydrogen (secondary N) is 2. The van der Waals surface area contributed by atoms with Crippen molar-refractivity contribution >= 4 is 11.6 Å². The van der Waals surface area contributed by atoms with Crippen LogP contribution in [0, 0.1) is 11.3 Å². The zero-order valence-corrected chi connectivity index (χ0v) is 8.27. The fourth-order valence-corrected chi connectivity index (χ4v) is 1.22.